The summed E-state index contributed by atoms with van der Waals surface area (Å²) in [6, 6.07) is 6.17. The lowest BCUT2D eigenvalue weighted by Crippen LogP contribution is -2.35. The molecule has 1 aliphatic heterocycles. The van der Waals surface area contributed by atoms with Crippen LogP contribution in [-0.2, 0) is 11.2 Å². The molecule has 1 aromatic rings. The second-order valence-corrected chi connectivity index (χ2v) is 5.39. The minimum Gasteiger partial charge on any atom is -0.324 e. The fourth-order valence-corrected chi connectivity index (χ4v) is 2.64. The van der Waals surface area contributed by atoms with Crippen molar-refractivity contribution in [3.8, 4) is 0 Å². The third kappa shape index (κ3) is 5.30. The largest absolute Gasteiger partial charge is 0.324 e. The molecule has 0 atom stereocenters. The van der Waals surface area contributed by atoms with Gasteiger partial charge in [-0.2, -0.15) is 0 Å². The third-order valence-corrected chi connectivity index (χ3v) is 3.80. The van der Waals surface area contributed by atoms with Gasteiger partial charge in [-0.25, -0.2) is 0 Å². The normalized spacial score (nSPS) is 15.9. The fourth-order valence-electron chi connectivity index (χ4n) is 2.64. The van der Waals surface area contributed by atoms with Crippen molar-refractivity contribution in [3.63, 3.8) is 0 Å². The predicted octanol–water partition coefficient (Wildman–Crippen LogP) is 2.21. The lowest BCUT2D eigenvalue weighted by Gasteiger charge is -2.20. The van der Waals surface area contributed by atoms with Gasteiger partial charge in [0, 0.05) is 18.8 Å². The molecule has 4 nitrogen and oxygen atoms in total. The average molecular weight is 312 g/mol. The van der Waals surface area contributed by atoms with Crippen molar-refractivity contribution in [2.75, 3.05) is 38.0 Å². The van der Waals surface area contributed by atoms with E-state index in [0.29, 0.717) is 6.54 Å². The van der Waals surface area contributed by atoms with Gasteiger partial charge in [0.1, 0.15) is 0 Å². The Bertz CT molecular complexity index is 457. The number of nitrogens with zero attached hydrogens (tertiary/aromatic N) is 1. The van der Waals surface area contributed by atoms with Gasteiger partial charge in [-0.3, -0.25) is 9.69 Å². The number of benzene rings is 1. The summed E-state index contributed by atoms with van der Waals surface area (Å²) < 4.78 is 0. The van der Waals surface area contributed by atoms with Crippen LogP contribution in [0.25, 0.3) is 0 Å². The summed E-state index contributed by atoms with van der Waals surface area (Å²) in [7, 11) is 0. The second kappa shape index (κ2) is 9.03. The Labute approximate surface area is 133 Å². The summed E-state index contributed by atoms with van der Waals surface area (Å²) in [5.41, 5.74) is 3.33. The number of aryl methyl sites for hydroxylation is 2. The molecule has 0 saturated carbocycles. The summed E-state index contributed by atoms with van der Waals surface area (Å²) in [4.78, 5) is 14.5. The minimum atomic E-state index is 0. The maximum atomic E-state index is 12.2. The molecule has 2 N–H and O–H groups in total. The van der Waals surface area contributed by atoms with Crippen LogP contribution in [0.4, 0.5) is 5.69 Å². The Morgan fingerprint density at radius 1 is 1.33 bits per heavy atom. The zero-order valence-electron chi connectivity index (χ0n) is 12.9. The molecule has 1 fully saturated rings. The molecule has 0 aromatic heterocycles. The molecule has 5 heteroatoms. The number of carbonyl (C=O) groups is 1. The Morgan fingerprint density at radius 3 is 2.90 bits per heavy atom. The highest BCUT2D eigenvalue weighted by Gasteiger charge is 2.14. The number of para-hydroxylation sites is 1. The molecule has 21 heavy (non-hydrogen) atoms. The van der Waals surface area contributed by atoms with Crippen LogP contribution in [0.15, 0.2) is 18.2 Å². The number of carbonyl (C=O) groups excluding carboxylic acids is 1. The van der Waals surface area contributed by atoms with Crippen molar-refractivity contribution >= 4 is 24.0 Å². The average Bonchev–Trinajstić information content (AvgIpc) is 2.69. The standard InChI is InChI=1S/C16H25N3O.ClH/c1-3-14-7-4-6-13(2)16(14)18-15(20)12-19-10-5-8-17-9-11-19;/h4,6-7,17H,3,5,8-12H2,1-2H3,(H,18,20);1H. The van der Waals surface area contributed by atoms with Gasteiger partial charge in [0.05, 0.1) is 6.54 Å². The van der Waals surface area contributed by atoms with Crippen LogP contribution in [0, 0.1) is 6.92 Å². The summed E-state index contributed by atoms with van der Waals surface area (Å²) in [5.74, 6) is 0.0934. The molecular weight excluding hydrogens is 286 g/mol. The van der Waals surface area contributed by atoms with E-state index in [2.05, 4.69) is 28.5 Å². The van der Waals surface area contributed by atoms with E-state index in [1.54, 1.807) is 0 Å². The molecule has 0 aliphatic carbocycles. The van der Waals surface area contributed by atoms with Crippen LogP contribution in [0.1, 0.15) is 24.5 Å². The van der Waals surface area contributed by atoms with Crippen molar-refractivity contribution in [2.45, 2.75) is 26.7 Å². The van der Waals surface area contributed by atoms with Crippen molar-refractivity contribution in [3.05, 3.63) is 29.3 Å². The van der Waals surface area contributed by atoms with Gasteiger partial charge >= 0.3 is 0 Å². The molecule has 0 radical (unpaired) electrons. The highest BCUT2D eigenvalue weighted by molar-refractivity contribution is 5.93. The molecule has 1 aromatic carbocycles. The van der Waals surface area contributed by atoms with E-state index in [4.69, 9.17) is 0 Å². The van der Waals surface area contributed by atoms with Gasteiger partial charge < -0.3 is 10.6 Å². The molecule has 1 heterocycles. The van der Waals surface area contributed by atoms with E-state index in [1.807, 2.05) is 19.1 Å². The first-order valence-electron chi connectivity index (χ1n) is 7.52. The van der Waals surface area contributed by atoms with Crippen LogP contribution in [0.2, 0.25) is 0 Å². The fraction of sp³-hybridized carbons (Fsp3) is 0.562. The lowest BCUT2D eigenvalue weighted by molar-refractivity contribution is -0.117. The van der Waals surface area contributed by atoms with Gasteiger partial charge in [0.25, 0.3) is 0 Å². The maximum absolute atomic E-state index is 12.2. The second-order valence-electron chi connectivity index (χ2n) is 5.39. The van der Waals surface area contributed by atoms with Crippen LogP contribution in [-0.4, -0.2) is 43.5 Å². The first kappa shape index (κ1) is 18.0. The Kier molecular flexibility index (Phi) is 7.72. The van der Waals surface area contributed by atoms with Crippen molar-refractivity contribution in [1.29, 1.82) is 0 Å². The number of anilines is 1. The van der Waals surface area contributed by atoms with E-state index in [0.717, 1.165) is 50.3 Å². The third-order valence-electron chi connectivity index (χ3n) is 3.80. The SMILES string of the molecule is CCc1cccc(C)c1NC(=O)CN1CCCNCC1.Cl. The molecule has 1 amide bonds. The van der Waals surface area contributed by atoms with Crippen LogP contribution >= 0.6 is 12.4 Å². The minimum absolute atomic E-state index is 0. The molecule has 0 unspecified atom stereocenters. The van der Waals surface area contributed by atoms with Gasteiger partial charge in [-0.05, 0) is 44.0 Å². The van der Waals surface area contributed by atoms with Crippen molar-refractivity contribution in [1.82, 2.24) is 10.2 Å². The van der Waals surface area contributed by atoms with E-state index >= 15 is 0 Å². The van der Waals surface area contributed by atoms with Crippen LogP contribution in [0.3, 0.4) is 0 Å². The number of hydrogen-bond donors (Lipinski definition) is 2. The molecule has 1 saturated heterocycles. The monoisotopic (exact) mass is 311 g/mol. The molecule has 0 spiro atoms. The van der Waals surface area contributed by atoms with Gasteiger partial charge in [0.2, 0.25) is 5.91 Å². The van der Waals surface area contributed by atoms with Crippen LogP contribution in [0.5, 0.6) is 0 Å². The Morgan fingerprint density at radius 2 is 2.14 bits per heavy atom. The predicted molar refractivity (Wildman–Crippen MR) is 90.4 cm³/mol. The zero-order chi connectivity index (χ0) is 14.4. The van der Waals surface area contributed by atoms with Gasteiger partial charge in [-0.15, -0.1) is 12.4 Å². The zero-order valence-corrected chi connectivity index (χ0v) is 13.8. The van der Waals surface area contributed by atoms with Crippen LogP contribution < -0.4 is 10.6 Å². The summed E-state index contributed by atoms with van der Waals surface area (Å²) >= 11 is 0. The molecule has 0 bridgehead atoms. The Hall–Kier alpha value is -1.10. The molecular formula is C16H26ClN3O. The maximum Gasteiger partial charge on any atom is 0.238 e. The quantitative estimate of drug-likeness (QED) is 0.896. The van der Waals surface area contributed by atoms with E-state index in [9.17, 15) is 4.79 Å². The summed E-state index contributed by atoms with van der Waals surface area (Å²) in [6.45, 7) is 8.61. The van der Waals surface area contributed by atoms with Gasteiger partial charge in [-0.1, -0.05) is 25.1 Å². The number of amides is 1. The van der Waals surface area contributed by atoms with E-state index in [1.165, 1.54) is 5.56 Å². The molecule has 2 rings (SSSR count). The summed E-state index contributed by atoms with van der Waals surface area (Å²) in [6.07, 6.45) is 2.04. The van der Waals surface area contributed by atoms with Gasteiger partial charge in [0.15, 0.2) is 0 Å². The molecule has 1 aliphatic rings. The Balaban J connectivity index is 0.00000220. The highest BCUT2D eigenvalue weighted by Crippen LogP contribution is 2.20. The highest BCUT2D eigenvalue weighted by atomic mass is 35.5. The summed E-state index contributed by atoms with van der Waals surface area (Å²) in [5, 5.41) is 6.45. The number of hydrogen-bond acceptors (Lipinski definition) is 3. The van der Waals surface area contributed by atoms with Crippen molar-refractivity contribution in [2.24, 2.45) is 0 Å². The van der Waals surface area contributed by atoms with E-state index in [-0.39, 0.29) is 18.3 Å². The first-order valence-corrected chi connectivity index (χ1v) is 7.52. The van der Waals surface area contributed by atoms with E-state index < -0.39 is 0 Å². The topological polar surface area (TPSA) is 44.4 Å². The number of halogens is 1. The van der Waals surface area contributed by atoms with Crippen molar-refractivity contribution < 1.29 is 4.79 Å². The number of nitrogens with one attached hydrogen (secondary N) is 2. The molecule has 118 valence electrons. The smallest absolute Gasteiger partial charge is 0.238 e. The lowest BCUT2D eigenvalue weighted by atomic mass is 10.1. The first-order chi connectivity index (χ1) is 9.70. The number of rotatable bonds is 4.